The van der Waals surface area contributed by atoms with Gasteiger partial charge < -0.3 is 10.1 Å². The van der Waals surface area contributed by atoms with Crippen LogP contribution in [-0.2, 0) is 4.74 Å². The predicted octanol–water partition coefficient (Wildman–Crippen LogP) is 2.95. The molecule has 3 nitrogen and oxygen atoms in total. The zero-order valence-electron chi connectivity index (χ0n) is 13.1. The molecule has 124 valence electrons. The zero-order valence-corrected chi connectivity index (χ0v) is 13.1. The Morgan fingerprint density at radius 2 is 1.90 bits per heavy atom. The van der Waals surface area contributed by atoms with E-state index in [1.165, 1.54) is 12.8 Å². The van der Waals surface area contributed by atoms with Crippen LogP contribution in [0.15, 0.2) is 0 Å². The lowest BCUT2D eigenvalue weighted by Gasteiger charge is -2.52. The van der Waals surface area contributed by atoms with Crippen LogP contribution in [0.25, 0.3) is 0 Å². The maximum Gasteiger partial charge on any atom is 0.411 e. The highest BCUT2D eigenvalue weighted by molar-refractivity contribution is 5.05. The second-order valence-corrected chi connectivity index (χ2v) is 6.79. The molecule has 0 amide bonds. The molecule has 2 rings (SSSR count). The topological polar surface area (TPSA) is 24.5 Å². The third-order valence-electron chi connectivity index (χ3n) is 5.14. The zero-order chi connectivity index (χ0) is 15.6. The number of nitrogens with one attached hydrogen (secondary N) is 1. The minimum absolute atomic E-state index is 0.0534. The van der Waals surface area contributed by atoms with Gasteiger partial charge in [-0.3, -0.25) is 4.90 Å². The van der Waals surface area contributed by atoms with Gasteiger partial charge in [-0.15, -0.1) is 0 Å². The summed E-state index contributed by atoms with van der Waals surface area (Å²) in [5.41, 5.74) is 0.189. The number of rotatable bonds is 5. The predicted molar refractivity (Wildman–Crippen MR) is 76.3 cm³/mol. The highest BCUT2D eigenvalue weighted by atomic mass is 19.4. The van der Waals surface area contributed by atoms with Crippen molar-refractivity contribution >= 4 is 0 Å². The van der Waals surface area contributed by atoms with Crippen molar-refractivity contribution < 1.29 is 17.9 Å². The van der Waals surface area contributed by atoms with E-state index in [4.69, 9.17) is 4.74 Å². The number of halogens is 3. The lowest BCUT2D eigenvalue weighted by molar-refractivity contribution is -0.176. The van der Waals surface area contributed by atoms with Crippen LogP contribution in [0.1, 0.15) is 46.0 Å². The molecule has 0 bridgehead atoms. The molecule has 6 heteroatoms. The van der Waals surface area contributed by atoms with Gasteiger partial charge in [-0.05, 0) is 26.2 Å². The van der Waals surface area contributed by atoms with Crippen molar-refractivity contribution in [1.29, 1.82) is 0 Å². The largest absolute Gasteiger partial charge is 0.411 e. The van der Waals surface area contributed by atoms with Gasteiger partial charge in [0.15, 0.2) is 0 Å². The normalized spacial score (nSPS) is 30.1. The van der Waals surface area contributed by atoms with Gasteiger partial charge in [0, 0.05) is 30.7 Å². The van der Waals surface area contributed by atoms with Crippen LogP contribution in [-0.4, -0.2) is 55.0 Å². The van der Waals surface area contributed by atoms with Crippen molar-refractivity contribution in [2.45, 2.75) is 63.2 Å². The SMILES string of the molecule is CCC1(C)CN(CCOCC(F)(F)F)C2(CCCC2)CN1. The Balaban J connectivity index is 1.91. The van der Waals surface area contributed by atoms with E-state index in [2.05, 4.69) is 24.1 Å². The highest BCUT2D eigenvalue weighted by Gasteiger charge is 2.46. The second kappa shape index (κ2) is 6.42. The lowest BCUT2D eigenvalue weighted by atomic mass is 9.85. The molecule has 1 saturated heterocycles. The van der Waals surface area contributed by atoms with Gasteiger partial charge in [0.25, 0.3) is 0 Å². The van der Waals surface area contributed by atoms with E-state index >= 15 is 0 Å². The van der Waals surface area contributed by atoms with Gasteiger partial charge in [-0.1, -0.05) is 19.8 Å². The number of nitrogens with zero attached hydrogens (tertiary/aromatic N) is 1. The van der Waals surface area contributed by atoms with Crippen LogP contribution in [0.3, 0.4) is 0 Å². The molecule has 1 unspecified atom stereocenters. The summed E-state index contributed by atoms with van der Waals surface area (Å²) in [6.45, 7) is 5.78. The summed E-state index contributed by atoms with van der Waals surface area (Å²) in [6, 6.07) is 0. The number of hydrogen-bond acceptors (Lipinski definition) is 3. The Morgan fingerprint density at radius 3 is 2.48 bits per heavy atom. The van der Waals surface area contributed by atoms with E-state index in [-0.39, 0.29) is 17.7 Å². The lowest BCUT2D eigenvalue weighted by Crippen LogP contribution is -2.68. The van der Waals surface area contributed by atoms with E-state index in [1.54, 1.807) is 0 Å². The van der Waals surface area contributed by atoms with Crippen molar-refractivity contribution in [1.82, 2.24) is 10.2 Å². The minimum atomic E-state index is -4.23. The molecule has 0 aromatic rings. The molecule has 0 aromatic heterocycles. The van der Waals surface area contributed by atoms with Crippen molar-refractivity contribution in [3.63, 3.8) is 0 Å². The molecule has 0 radical (unpaired) electrons. The molecule has 1 heterocycles. The van der Waals surface area contributed by atoms with Crippen molar-refractivity contribution in [3.8, 4) is 0 Å². The molecular formula is C15H27F3N2O. The van der Waals surface area contributed by atoms with E-state index in [1.807, 2.05) is 0 Å². The second-order valence-electron chi connectivity index (χ2n) is 6.79. The number of ether oxygens (including phenoxy) is 1. The van der Waals surface area contributed by atoms with Crippen molar-refractivity contribution in [2.24, 2.45) is 0 Å². The third-order valence-corrected chi connectivity index (χ3v) is 5.14. The van der Waals surface area contributed by atoms with Gasteiger partial charge in [-0.2, -0.15) is 13.2 Å². The summed E-state index contributed by atoms with van der Waals surface area (Å²) >= 11 is 0. The van der Waals surface area contributed by atoms with Gasteiger partial charge >= 0.3 is 6.18 Å². The third kappa shape index (κ3) is 4.33. The summed E-state index contributed by atoms with van der Waals surface area (Å²) in [5.74, 6) is 0. The van der Waals surface area contributed by atoms with Crippen molar-refractivity contribution in [2.75, 3.05) is 32.8 Å². The summed E-state index contributed by atoms with van der Waals surface area (Å²) in [5, 5.41) is 3.66. The number of alkyl halides is 3. The van der Waals surface area contributed by atoms with Crippen LogP contribution in [0.2, 0.25) is 0 Å². The fraction of sp³-hybridized carbons (Fsp3) is 1.00. The van der Waals surface area contributed by atoms with E-state index < -0.39 is 12.8 Å². The average Bonchev–Trinajstić information content (AvgIpc) is 2.88. The van der Waals surface area contributed by atoms with E-state index in [0.717, 1.165) is 32.4 Å². The fourth-order valence-electron chi connectivity index (χ4n) is 3.58. The summed E-state index contributed by atoms with van der Waals surface area (Å²) in [4.78, 5) is 2.39. The van der Waals surface area contributed by atoms with Crippen molar-refractivity contribution in [3.05, 3.63) is 0 Å². The van der Waals surface area contributed by atoms with E-state index in [9.17, 15) is 13.2 Å². The summed E-state index contributed by atoms with van der Waals surface area (Å²) < 4.78 is 41.3. The Kier molecular flexibility index (Phi) is 5.21. The number of piperazine rings is 1. The van der Waals surface area contributed by atoms with Gasteiger partial charge in [0.2, 0.25) is 0 Å². The van der Waals surface area contributed by atoms with Gasteiger partial charge in [-0.25, -0.2) is 0 Å². The molecule has 1 saturated carbocycles. The fourth-order valence-corrected chi connectivity index (χ4v) is 3.58. The molecule has 1 aliphatic heterocycles. The Labute approximate surface area is 125 Å². The number of hydrogen-bond donors (Lipinski definition) is 1. The van der Waals surface area contributed by atoms with Gasteiger partial charge in [0.1, 0.15) is 6.61 Å². The maximum atomic E-state index is 12.1. The first-order valence-corrected chi connectivity index (χ1v) is 7.93. The van der Waals surface area contributed by atoms with Gasteiger partial charge in [0.05, 0.1) is 6.61 Å². The maximum absolute atomic E-state index is 12.1. The standard InChI is InChI=1S/C15H27F3N2O/c1-3-13(2)11-20(8-9-21-12-15(16,17)18)14(10-19-13)6-4-5-7-14/h19H,3-12H2,1-2H3. The molecule has 1 N–H and O–H groups in total. The smallest absolute Gasteiger partial charge is 0.371 e. The summed E-state index contributed by atoms with van der Waals surface area (Å²) in [7, 11) is 0. The molecular weight excluding hydrogens is 281 g/mol. The van der Waals surface area contributed by atoms with Crippen LogP contribution < -0.4 is 5.32 Å². The van der Waals surface area contributed by atoms with Crippen LogP contribution in [0.5, 0.6) is 0 Å². The highest BCUT2D eigenvalue weighted by Crippen LogP contribution is 2.38. The Morgan fingerprint density at radius 1 is 1.24 bits per heavy atom. The van der Waals surface area contributed by atoms with Crippen LogP contribution in [0.4, 0.5) is 13.2 Å². The first-order valence-electron chi connectivity index (χ1n) is 7.93. The Bertz CT molecular complexity index is 342. The molecule has 1 aliphatic carbocycles. The van der Waals surface area contributed by atoms with Crippen LogP contribution in [0, 0.1) is 0 Å². The quantitative estimate of drug-likeness (QED) is 0.790. The first kappa shape index (κ1) is 17.0. The average molecular weight is 308 g/mol. The molecule has 1 spiro atoms. The minimum Gasteiger partial charge on any atom is -0.371 e. The molecule has 21 heavy (non-hydrogen) atoms. The first-order chi connectivity index (χ1) is 9.79. The molecule has 1 atom stereocenters. The monoisotopic (exact) mass is 308 g/mol. The van der Waals surface area contributed by atoms with E-state index in [0.29, 0.717) is 6.54 Å². The molecule has 2 fully saturated rings. The molecule has 0 aromatic carbocycles. The Hall–Kier alpha value is -0.330. The summed E-state index contributed by atoms with van der Waals surface area (Å²) in [6.07, 6.45) is 1.49. The van der Waals surface area contributed by atoms with Crippen LogP contribution >= 0.6 is 0 Å². The molecule has 2 aliphatic rings.